The number of Topliss-reactive ketones (excluding diaryl/α,β-unsaturated/α-hetero) is 1. The minimum absolute atomic E-state index is 0.0480. The Hall–Kier alpha value is -1.19. The van der Waals surface area contributed by atoms with E-state index in [-0.39, 0.29) is 5.78 Å². The molecule has 0 aliphatic heterocycles. The minimum Gasteiger partial charge on any atom is -0.386 e. The molecule has 0 saturated carbocycles. The van der Waals surface area contributed by atoms with E-state index in [2.05, 4.69) is 5.32 Å². The van der Waals surface area contributed by atoms with Crippen LogP contribution in [0.4, 0.5) is 0 Å². The largest absolute Gasteiger partial charge is 0.386 e. The molecule has 0 fully saturated rings. The lowest BCUT2D eigenvalue weighted by Crippen LogP contribution is -2.40. The summed E-state index contributed by atoms with van der Waals surface area (Å²) in [5, 5.41) is 13.0. The van der Waals surface area contributed by atoms with Gasteiger partial charge in [0.1, 0.15) is 11.9 Å². The van der Waals surface area contributed by atoms with E-state index in [0.717, 1.165) is 5.56 Å². The Labute approximate surface area is 90.1 Å². The maximum atomic E-state index is 11.3. The van der Waals surface area contributed by atoms with Crippen molar-refractivity contribution < 1.29 is 9.90 Å². The number of aliphatic hydroxyl groups excluding tert-OH is 1. The van der Waals surface area contributed by atoms with E-state index >= 15 is 0 Å². The smallest absolute Gasteiger partial charge is 0.149 e. The second-order valence-electron chi connectivity index (χ2n) is 3.50. The highest BCUT2D eigenvalue weighted by Crippen LogP contribution is 2.16. The van der Waals surface area contributed by atoms with Crippen LogP contribution in [0.15, 0.2) is 30.3 Å². The number of carbonyl (C=O) groups is 1. The van der Waals surface area contributed by atoms with Gasteiger partial charge < -0.3 is 10.4 Å². The van der Waals surface area contributed by atoms with Crippen molar-refractivity contribution in [3.63, 3.8) is 0 Å². The summed E-state index contributed by atoms with van der Waals surface area (Å²) in [5.74, 6) is -0.0480. The van der Waals surface area contributed by atoms with E-state index in [1.807, 2.05) is 37.3 Å². The molecule has 1 rings (SSSR count). The number of hydrogen-bond donors (Lipinski definition) is 2. The van der Waals surface area contributed by atoms with Gasteiger partial charge in [0, 0.05) is 0 Å². The fourth-order valence-electron chi connectivity index (χ4n) is 1.54. The van der Waals surface area contributed by atoms with E-state index in [1.165, 1.54) is 6.92 Å². The summed E-state index contributed by atoms with van der Waals surface area (Å²) in [6.07, 6.45) is -0.774. The number of ketones is 1. The Morgan fingerprint density at radius 1 is 1.40 bits per heavy atom. The predicted octanol–water partition coefficient (Wildman–Crippen LogP) is 1.29. The van der Waals surface area contributed by atoms with Gasteiger partial charge >= 0.3 is 0 Å². The lowest BCUT2D eigenvalue weighted by Gasteiger charge is -2.21. The van der Waals surface area contributed by atoms with E-state index in [1.54, 1.807) is 0 Å². The van der Waals surface area contributed by atoms with E-state index in [0.29, 0.717) is 6.54 Å². The molecule has 0 bridgehead atoms. The molecule has 15 heavy (non-hydrogen) atoms. The van der Waals surface area contributed by atoms with Crippen molar-refractivity contribution in [2.24, 2.45) is 0 Å². The van der Waals surface area contributed by atoms with E-state index in [4.69, 9.17) is 0 Å². The van der Waals surface area contributed by atoms with Crippen LogP contribution in [0.25, 0.3) is 0 Å². The molecule has 0 saturated heterocycles. The van der Waals surface area contributed by atoms with Crippen molar-refractivity contribution in [1.82, 2.24) is 5.32 Å². The summed E-state index contributed by atoms with van der Waals surface area (Å²) in [6, 6.07) is 8.70. The third kappa shape index (κ3) is 3.15. The van der Waals surface area contributed by atoms with Gasteiger partial charge in [0.2, 0.25) is 0 Å². The van der Waals surface area contributed by atoms with Crippen molar-refractivity contribution in [3.05, 3.63) is 35.9 Å². The van der Waals surface area contributed by atoms with Gasteiger partial charge in [0.05, 0.1) is 6.04 Å². The normalized spacial score (nSPS) is 14.6. The number of benzene rings is 1. The summed E-state index contributed by atoms with van der Waals surface area (Å²) in [7, 11) is 0. The molecule has 2 atom stereocenters. The first-order valence-corrected chi connectivity index (χ1v) is 5.13. The summed E-state index contributed by atoms with van der Waals surface area (Å²) in [4.78, 5) is 11.3. The SMILES string of the molecule is CCNC(C(C)=O)C(O)c1ccccc1. The summed E-state index contributed by atoms with van der Waals surface area (Å²) in [6.45, 7) is 4.06. The standard InChI is InChI=1S/C12H17NO2/c1-3-13-11(9(2)14)12(15)10-7-5-4-6-8-10/h4-8,11-13,15H,3H2,1-2H3. The van der Waals surface area contributed by atoms with Gasteiger partial charge in [-0.05, 0) is 19.0 Å². The number of nitrogens with one attached hydrogen (secondary N) is 1. The number of hydrogen-bond acceptors (Lipinski definition) is 3. The first kappa shape index (κ1) is 11.9. The van der Waals surface area contributed by atoms with Crippen LogP contribution >= 0.6 is 0 Å². The second kappa shape index (κ2) is 5.63. The molecule has 3 heteroatoms. The van der Waals surface area contributed by atoms with Gasteiger partial charge in [-0.25, -0.2) is 0 Å². The van der Waals surface area contributed by atoms with Gasteiger partial charge in [0.15, 0.2) is 0 Å². The molecule has 0 aliphatic rings. The maximum Gasteiger partial charge on any atom is 0.149 e. The van der Waals surface area contributed by atoms with Gasteiger partial charge in [-0.1, -0.05) is 37.3 Å². The Morgan fingerprint density at radius 3 is 2.47 bits per heavy atom. The summed E-state index contributed by atoms with van der Waals surface area (Å²) < 4.78 is 0. The topological polar surface area (TPSA) is 49.3 Å². The first-order valence-electron chi connectivity index (χ1n) is 5.13. The zero-order valence-electron chi connectivity index (χ0n) is 9.10. The molecular weight excluding hydrogens is 190 g/mol. The molecule has 0 heterocycles. The molecule has 1 aromatic rings. The summed E-state index contributed by atoms with van der Waals surface area (Å²) >= 11 is 0. The second-order valence-corrected chi connectivity index (χ2v) is 3.50. The number of rotatable bonds is 5. The maximum absolute atomic E-state index is 11.3. The van der Waals surface area contributed by atoms with Crippen LogP contribution in [0, 0.1) is 0 Å². The molecule has 2 unspecified atom stereocenters. The summed E-state index contributed by atoms with van der Waals surface area (Å²) in [5.41, 5.74) is 0.763. The quantitative estimate of drug-likeness (QED) is 0.765. The lowest BCUT2D eigenvalue weighted by atomic mass is 9.99. The lowest BCUT2D eigenvalue weighted by molar-refractivity contribution is -0.121. The van der Waals surface area contributed by atoms with Crippen molar-refractivity contribution in [2.75, 3.05) is 6.54 Å². The van der Waals surface area contributed by atoms with Gasteiger partial charge in [0.25, 0.3) is 0 Å². The Kier molecular flexibility index (Phi) is 4.46. The number of carbonyl (C=O) groups excluding carboxylic acids is 1. The van der Waals surface area contributed by atoms with Crippen LogP contribution in [0.1, 0.15) is 25.5 Å². The van der Waals surface area contributed by atoms with Crippen LogP contribution in [0.3, 0.4) is 0 Å². The Morgan fingerprint density at radius 2 is 2.00 bits per heavy atom. The molecule has 2 N–H and O–H groups in total. The highest BCUT2D eigenvalue weighted by Gasteiger charge is 2.23. The molecule has 0 amide bonds. The highest BCUT2D eigenvalue weighted by atomic mass is 16.3. The van der Waals surface area contributed by atoms with Crippen LogP contribution < -0.4 is 5.32 Å². The predicted molar refractivity (Wildman–Crippen MR) is 59.5 cm³/mol. The van der Waals surface area contributed by atoms with Crippen molar-refractivity contribution in [2.45, 2.75) is 26.0 Å². The fourth-order valence-corrected chi connectivity index (χ4v) is 1.54. The average molecular weight is 207 g/mol. The first-order chi connectivity index (χ1) is 7.16. The van der Waals surface area contributed by atoms with Crippen LogP contribution in [0.2, 0.25) is 0 Å². The van der Waals surface area contributed by atoms with Crippen LogP contribution in [-0.4, -0.2) is 23.5 Å². The van der Waals surface area contributed by atoms with Crippen molar-refractivity contribution in [1.29, 1.82) is 0 Å². The fraction of sp³-hybridized carbons (Fsp3) is 0.417. The molecule has 0 aromatic heterocycles. The molecular formula is C12H17NO2. The Bertz CT molecular complexity index is 311. The van der Waals surface area contributed by atoms with Crippen molar-refractivity contribution >= 4 is 5.78 Å². The number of likely N-dealkylation sites (N-methyl/N-ethyl adjacent to an activating group) is 1. The number of aliphatic hydroxyl groups is 1. The Balaban J connectivity index is 2.81. The molecule has 0 radical (unpaired) electrons. The molecule has 0 spiro atoms. The third-order valence-electron chi connectivity index (χ3n) is 2.32. The highest BCUT2D eigenvalue weighted by molar-refractivity contribution is 5.82. The van der Waals surface area contributed by atoms with E-state index < -0.39 is 12.1 Å². The minimum atomic E-state index is -0.774. The zero-order chi connectivity index (χ0) is 11.3. The molecule has 82 valence electrons. The molecule has 3 nitrogen and oxygen atoms in total. The van der Waals surface area contributed by atoms with Crippen LogP contribution in [0.5, 0.6) is 0 Å². The van der Waals surface area contributed by atoms with Crippen LogP contribution in [-0.2, 0) is 4.79 Å². The monoisotopic (exact) mass is 207 g/mol. The van der Waals surface area contributed by atoms with Crippen molar-refractivity contribution in [3.8, 4) is 0 Å². The zero-order valence-corrected chi connectivity index (χ0v) is 9.10. The molecule has 1 aromatic carbocycles. The average Bonchev–Trinajstić information content (AvgIpc) is 2.26. The van der Waals surface area contributed by atoms with Gasteiger partial charge in [-0.2, -0.15) is 0 Å². The van der Waals surface area contributed by atoms with Gasteiger partial charge in [-0.15, -0.1) is 0 Å². The molecule has 0 aliphatic carbocycles. The van der Waals surface area contributed by atoms with E-state index in [9.17, 15) is 9.90 Å². The van der Waals surface area contributed by atoms with Gasteiger partial charge in [-0.3, -0.25) is 4.79 Å². The third-order valence-corrected chi connectivity index (χ3v) is 2.32.